The Morgan fingerprint density at radius 2 is 2.07 bits per heavy atom. The van der Waals surface area contributed by atoms with Crippen molar-refractivity contribution in [3.63, 3.8) is 0 Å². The van der Waals surface area contributed by atoms with Crippen molar-refractivity contribution in [3.05, 3.63) is 53.6 Å². The van der Waals surface area contributed by atoms with Crippen LogP contribution in [0.4, 0.5) is 0 Å². The fourth-order valence-electron chi connectivity index (χ4n) is 3.92. The van der Waals surface area contributed by atoms with Gasteiger partial charge in [-0.3, -0.25) is 4.79 Å². The molecule has 3 aromatic rings. The fourth-order valence-corrected chi connectivity index (χ4v) is 4.11. The van der Waals surface area contributed by atoms with E-state index in [4.69, 9.17) is 21.3 Å². The number of carbonyl (C=O) groups excluding carboxylic acids is 1. The average Bonchev–Trinajstić information content (AvgIpc) is 3.00. The van der Waals surface area contributed by atoms with E-state index in [1.807, 2.05) is 53.1 Å². The first kappa shape index (κ1) is 18.1. The third-order valence-electron chi connectivity index (χ3n) is 5.21. The van der Waals surface area contributed by atoms with Crippen LogP contribution in [0.15, 0.2) is 48.5 Å². The predicted molar refractivity (Wildman–Crippen MR) is 108 cm³/mol. The molecule has 0 N–H and O–H groups in total. The van der Waals surface area contributed by atoms with Crippen molar-refractivity contribution in [2.75, 3.05) is 0 Å². The van der Waals surface area contributed by atoms with Gasteiger partial charge in [-0.2, -0.15) is 0 Å². The molecule has 4 rings (SSSR count). The third kappa shape index (κ3) is 4.01. The minimum absolute atomic E-state index is 0.0330. The number of hydrogen-bond acceptors (Lipinski definition) is 3. The molecular formula is C22H23ClN2O2. The Labute approximate surface area is 164 Å². The Morgan fingerprint density at radius 1 is 1.22 bits per heavy atom. The molecule has 0 aliphatic heterocycles. The van der Waals surface area contributed by atoms with E-state index in [-0.39, 0.29) is 18.6 Å². The number of para-hydroxylation sites is 2. The molecule has 1 aliphatic rings. The Kier molecular flexibility index (Phi) is 5.17. The van der Waals surface area contributed by atoms with Gasteiger partial charge in [0.15, 0.2) is 0 Å². The molecule has 1 heterocycles. The quantitative estimate of drug-likeness (QED) is 0.561. The SMILES string of the molecule is CC1CCCC(OC(=O)Cn2c(-c3cccc(Cl)c3)nc3ccccc32)C1. The molecule has 1 fully saturated rings. The molecule has 27 heavy (non-hydrogen) atoms. The summed E-state index contributed by atoms with van der Waals surface area (Å²) in [6.07, 6.45) is 4.30. The molecule has 2 aromatic carbocycles. The van der Waals surface area contributed by atoms with Gasteiger partial charge in [0.1, 0.15) is 18.5 Å². The van der Waals surface area contributed by atoms with Gasteiger partial charge in [0.2, 0.25) is 0 Å². The molecule has 4 nitrogen and oxygen atoms in total. The van der Waals surface area contributed by atoms with Gasteiger partial charge in [0.25, 0.3) is 0 Å². The van der Waals surface area contributed by atoms with Crippen LogP contribution in [0.5, 0.6) is 0 Å². The molecule has 0 saturated heterocycles. The van der Waals surface area contributed by atoms with Gasteiger partial charge in [-0.15, -0.1) is 0 Å². The summed E-state index contributed by atoms with van der Waals surface area (Å²) >= 11 is 6.17. The number of aromatic nitrogens is 2. The van der Waals surface area contributed by atoms with Crippen molar-refractivity contribution >= 4 is 28.6 Å². The van der Waals surface area contributed by atoms with Gasteiger partial charge in [0, 0.05) is 10.6 Å². The highest BCUT2D eigenvalue weighted by Crippen LogP contribution is 2.28. The minimum Gasteiger partial charge on any atom is -0.461 e. The first-order chi connectivity index (χ1) is 13.1. The van der Waals surface area contributed by atoms with Crippen LogP contribution in [0, 0.1) is 5.92 Å². The van der Waals surface area contributed by atoms with E-state index in [9.17, 15) is 4.79 Å². The second-order valence-corrected chi connectivity index (χ2v) is 7.84. The van der Waals surface area contributed by atoms with Gasteiger partial charge in [-0.05, 0) is 49.4 Å². The lowest BCUT2D eigenvalue weighted by atomic mass is 9.89. The molecular weight excluding hydrogens is 360 g/mol. The van der Waals surface area contributed by atoms with Crippen molar-refractivity contribution in [1.82, 2.24) is 9.55 Å². The maximum atomic E-state index is 12.7. The van der Waals surface area contributed by atoms with Crippen molar-refractivity contribution in [1.29, 1.82) is 0 Å². The van der Waals surface area contributed by atoms with Crippen LogP contribution in [0.2, 0.25) is 5.02 Å². The lowest BCUT2D eigenvalue weighted by molar-refractivity contribution is -0.151. The smallest absolute Gasteiger partial charge is 0.326 e. The van der Waals surface area contributed by atoms with Gasteiger partial charge in [-0.25, -0.2) is 4.98 Å². The molecule has 0 bridgehead atoms. The van der Waals surface area contributed by atoms with Crippen molar-refractivity contribution in [2.45, 2.75) is 45.3 Å². The topological polar surface area (TPSA) is 44.1 Å². The lowest BCUT2D eigenvalue weighted by Crippen LogP contribution is -2.26. The molecule has 5 heteroatoms. The molecule has 0 spiro atoms. The zero-order valence-electron chi connectivity index (χ0n) is 15.4. The maximum Gasteiger partial charge on any atom is 0.326 e. The van der Waals surface area contributed by atoms with Gasteiger partial charge in [-0.1, -0.05) is 49.2 Å². The summed E-state index contributed by atoms with van der Waals surface area (Å²) in [5, 5.41) is 0.643. The van der Waals surface area contributed by atoms with Crippen LogP contribution in [-0.4, -0.2) is 21.6 Å². The predicted octanol–water partition coefficient (Wildman–Crippen LogP) is 5.48. The minimum atomic E-state index is -0.208. The molecule has 0 amide bonds. The number of imidazole rings is 1. The normalized spacial score (nSPS) is 19.9. The highest BCUT2D eigenvalue weighted by atomic mass is 35.5. The zero-order chi connectivity index (χ0) is 18.8. The summed E-state index contributed by atoms with van der Waals surface area (Å²) in [6, 6.07) is 15.4. The largest absolute Gasteiger partial charge is 0.461 e. The Bertz CT molecular complexity index is 966. The Balaban J connectivity index is 1.63. The third-order valence-corrected chi connectivity index (χ3v) is 5.45. The van der Waals surface area contributed by atoms with E-state index >= 15 is 0 Å². The second-order valence-electron chi connectivity index (χ2n) is 7.40. The number of rotatable bonds is 4. The van der Waals surface area contributed by atoms with Crippen molar-refractivity contribution in [3.8, 4) is 11.4 Å². The number of benzene rings is 2. The Hall–Kier alpha value is -2.33. The van der Waals surface area contributed by atoms with Crippen LogP contribution < -0.4 is 0 Å². The second kappa shape index (κ2) is 7.73. The molecule has 140 valence electrons. The number of halogens is 1. The first-order valence-corrected chi connectivity index (χ1v) is 9.88. The van der Waals surface area contributed by atoms with E-state index in [1.54, 1.807) is 0 Å². The number of carbonyl (C=O) groups is 1. The molecule has 2 atom stereocenters. The van der Waals surface area contributed by atoms with Crippen LogP contribution in [0.3, 0.4) is 0 Å². The number of ether oxygens (including phenoxy) is 1. The van der Waals surface area contributed by atoms with E-state index in [2.05, 4.69) is 6.92 Å². The molecule has 1 saturated carbocycles. The van der Waals surface area contributed by atoms with E-state index in [0.29, 0.717) is 10.9 Å². The van der Waals surface area contributed by atoms with Gasteiger partial charge < -0.3 is 9.30 Å². The number of esters is 1. The van der Waals surface area contributed by atoms with Crippen LogP contribution in [0.25, 0.3) is 22.4 Å². The fraction of sp³-hybridized carbons (Fsp3) is 0.364. The van der Waals surface area contributed by atoms with Crippen LogP contribution in [0.1, 0.15) is 32.6 Å². The molecule has 2 unspecified atom stereocenters. The van der Waals surface area contributed by atoms with E-state index in [0.717, 1.165) is 41.7 Å². The summed E-state index contributed by atoms with van der Waals surface area (Å²) in [5.74, 6) is 1.14. The average molecular weight is 383 g/mol. The summed E-state index contributed by atoms with van der Waals surface area (Å²) in [6.45, 7) is 2.37. The summed E-state index contributed by atoms with van der Waals surface area (Å²) in [5.41, 5.74) is 2.66. The first-order valence-electron chi connectivity index (χ1n) is 9.51. The monoisotopic (exact) mass is 382 g/mol. The highest BCUT2D eigenvalue weighted by molar-refractivity contribution is 6.30. The lowest BCUT2D eigenvalue weighted by Gasteiger charge is -2.26. The Morgan fingerprint density at radius 3 is 2.89 bits per heavy atom. The number of nitrogens with zero attached hydrogens (tertiary/aromatic N) is 2. The van der Waals surface area contributed by atoms with Gasteiger partial charge in [0.05, 0.1) is 11.0 Å². The molecule has 1 aromatic heterocycles. The number of hydrogen-bond donors (Lipinski definition) is 0. The van der Waals surface area contributed by atoms with Crippen LogP contribution in [-0.2, 0) is 16.1 Å². The van der Waals surface area contributed by atoms with E-state index < -0.39 is 0 Å². The van der Waals surface area contributed by atoms with Crippen molar-refractivity contribution in [2.24, 2.45) is 5.92 Å². The van der Waals surface area contributed by atoms with Gasteiger partial charge >= 0.3 is 5.97 Å². The van der Waals surface area contributed by atoms with Crippen LogP contribution >= 0.6 is 11.6 Å². The molecule has 1 aliphatic carbocycles. The van der Waals surface area contributed by atoms with Crippen molar-refractivity contribution < 1.29 is 9.53 Å². The number of fused-ring (bicyclic) bond motifs is 1. The summed E-state index contributed by atoms with van der Waals surface area (Å²) in [7, 11) is 0. The van der Waals surface area contributed by atoms with E-state index in [1.165, 1.54) is 6.42 Å². The zero-order valence-corrected chi connectivity index (χ0v) is 16.2. The highest BCUT2D eigenvalue weighted by Gasteiger charge is 2.23. The summed E-state index contributed by atoms with van der Waals surface area (Å²) < 4.78 is 7.71. The standard InChI is InChI=1S/C22H23ClN2O2/c1-15-6-4-9-18(12-15)27-21(26)14-25-20-11-3-2-10-19(20)24-22(25)16-7-5-8-17(23)13-16/h2-3,5,7-8,10-11,13,15,18H,4,6,9,12,14H2,1H3. The molecule has 0 radical (unpaired) electrons. The summed E-state index contributed by atoms with van der Waals surface area (Å²) in [4.78, 5) is 17.4. The maximum absolute atomic E-state index is 12.7.